The van der Waals surface area contributed by atoms with Crippen LogP contribution in [0.25, 0.3) is 0 Å². The van der Waals surface area contributed by atoms with Gasteiger partial charge in [-0.2, -0.15) is 0 Å². The van der Waals surface area contributed by atoms with Crippen molar-refractivity contribution in [1.82, 2.24) is 5.32 Å². The van der Waals surface area contributed by atoms with Crippen LogP contribution in [-0.2, 0) is 0 Å². The minimum absolute atomic E-state index is 1.18. The Kier molecular flexibility index (Phi) is 16.4. The molecule has 0 unspecified atom stereocenters. The molecule has 0 rings (SSSR count). The van der Waals surface area contributed by atoms with Crippen molar-refractivity contribution in [2.75, 3.05) is 13.1 Å². The number of allylic oxidation sites excluding steroid dienone is 1. The molecule has 0 bridgehead atoms. The average molecular weight is 253 g/mol. The Hall–Kier alpha value is -0.300. The van der Waals surface area contributed by atoms with E-state index in [1.807, 2.05) is 6.08 Å². The number of rotatable bonds is 15. The van der Waals surface area contributed by atoms with Gasteiger partial charge >= 0.3 is 0 Å². The van der Waals surface area contributed by atoms with Gasteiger partial charge in [-0.1, -0.05) is 64.4 Å². The molecule has 0 saturated heterocycles. The molecule has 1 heteroatoms. The van der Waals surface area contributed by atoms with Crippen molar-refractivity contribution < 1.29 is 0 Å². The zero-order valence-electron chi connectivity index (χ0n) is 12.7. The fraction of sp³-hybridized carbons (Fsp3) is 0.882. The smallest absolute Gasteiger partial charge is 0.00489 e. The molecule has 0 aliphatic heterocycles. The number of nitrogens with one attached hydrogen (secondary N) is 1. The van der Waals surface area contributed by atoms with Crippen LogP contribution in [-0.4, -0.2) is 13.1 Å². The Morgan fingerprint density at radius 3 is 1.78 bits per heavy atom. The van der Waals surface area contributed by atoms with Gasteiger partial charge < -0.3 is 5.32 Å². The highest BCUT2D eigenvalue weighted by Gasteiger charge is 1.92. The third-order valence-corrected chi connectivity index (χ3v) is 3.47. The average Bonchev–Trinajstić information content (AvgIpc) is 2.39. The largest absolute Gasteiger partial charge is 0.317 e. The fourth-order valence-corrected chi connectivity index (χ4v) is 2.22. The van der Waals surface area contributed by atoms with E-state index in [9.17, 15) is 0 Å². The van der Waals surface area contributed by atoms with Crippen molar-refractivity contribution in [3.8, 4) is 0 Å². The molecule has 0 aromatic carbocycles. The van der Waals surface area contributed by atoms with Crippen molar-refractivity contribution in [3.63, 3.8) is 0 Å². The lowest BCUT2D eigenvalue weighted by atomic mass is 10.1. The monoisotopic (exact) mass is 253 g/mol. The molecular weight excluding hydrogens is 218 g/mol. The second kappa shape index (κ2) is 16.7. The molecule has 1 N–H and O–H groups in total. The molecule has 0 saturated carbocycles. The maximum absolute atomic E-state index is 3.74. The predicted octanol–water partition coefficient (Wildman–Crippen LogP) is 5.46. The highest BCUT2D eigenvalue weighted by Crippen LogP contribution is 2.07. The van der Waals surface area contributed by atoms with Gasteiger partial charge in [0.1, 0.15) is 0 Å². The Balaban J connectivity index is 2.88. The molecule has 0 spiro atoms. The van der Waals surface area contributed by atoms with Gasteiger partial charge in [0.2, 0.25) is 0 Å². The number of hydrogen-bond donors (Lipinski definition) is 1. The van der Waals surface area contributed by atoms with Crippen molar-refractivity contribution in [2.24, 2.45) is 0 Å². The third kappa shape index (κ3) is 15.7. The summed E-state index contributed by atoms with van der Waals surface area (Å²) >= 11 is 0. The van der Waals surface area contributed by atoms with Gasteiger partial charge in [-0.25, -0.2) is 0 Å². The quantitative estimate of drug-likeness (QED) is 0.302. The maximum atomic E-state index is 3.74. The summed E-state index contributed by atoms with van der Waals surface area (Å²) in [7, 11) is 0. The van der Waals surface area contributed by atoms with E-state index in [0.29, 0.717) is 0 Å². The molecule has 0 aliphatic carbocycles. The molecule has 0 heterocycles. The van der Waals surface area contributed by atoms with Gasteiger partial charge in [0.15, 0.2) is 0 Å². The standard InChI is InChI=1S/C17H35N/c1-3-5-7-9-10-11-13-15-17-18-16-14-12-8-6-4-2/h4,18H,2-3,5-17H2,1H3. The fourth-order valence-electron chi connectivity index (χ4n) is 2.22. The molecule has 0 amide bonds. The van der Waals surface area contributed by atoms with Crippen LogP contribution >= 0.6 is 0 Å². The minimum Gasteiger partial charge on any atom is -0.317 e. The summed E-state index contributed by atoms with van der Waals surface area (Å²) in [6.07, 6.45) is 18.5. The van der Waals surface area contributed by atoms with Gasteiger partial charge in [0.05, 0.1) is 0 Å². The summed E-state index contributed by atoms with van der Waals surface area (Å²) in [5.41, 5.74) is 0. The van der Waals surface area contributed by atoms with Crippen molar-refractivity contribution in [1.29, 1.82) is 0 Å². The van der Waals surface area contributed by atoms with E-state index < -0.39 is 0 Å². The zero-order valence-corrected chi connectivity index (χ0v) is 12.7. The number of hydrogen-bond acceptors (Lipinski definition) is 1. The maximum Gasteiger partial charge on any atom is -0.00489 e. The van der Waals surface area contributed by atoms with Crippen LogP contribution in [0.3, 0.4) is 0 Å². The van der Waals surface area contributed by atoms with Crippen molar-refractivity contribution in [3.05, 3.63) is 12.7 Å². The van der Waals surface area contributed by atoms with E-state index in [1.165, 1.54) is 90.1 Å². The first-order valence-corrected chi connectivity index (χ1v) is 8.23. The molecule has 0 fully saturated rings. The van der Waals surface area contributed by atoms with Gasteiger partial charge in [0, 0.05) is 0 Å². The van der Waals surface area contributed by atoms with E-state index in [0.717, 1.165) is 0 Å². The molecule has 1 nitrogen and oxygen atoms in total. The Morgan fingerprint density at radius 1 is 0.722 bits per heavy atom. The van der Waals surface area contributed by atoms with Crippen LogP contribution in [0.4, 0.5) is 0 Å². The molecule has 0 radical (unpaired) electrons. The first-order chi connectivity index (χ1) is 8.91. The van der Waals surface area contributed by atoms with Crippen molar-refractivity contribution >= 4 is 0 Å². The van der Waals surface area contributed by atoms with Crippen LogP contribution in [0, 0.1) is 0 Å². The number of unbranched alkanes of at least 4 members (excludes halogenated alkanes) is 10. The topological polar surface area (TPSA) is 12.0 Å². The molecule has 18 heavy (non-hydrogen) atoms. The van der Waals surface area contributed by atoms with Gasteiger partial charge in [-0.3, -0.25) is 0 Å². The van der Waals surface area contributed by atoms with Crippen LogP contribution in [0.15, 0.2) is 12.7 Å². The van der Waals surface area contributed by atoms with Crippen molar-refractivity contribution in [2.45, 2.75) is 84.0 Å². The summed E-state index contributed by atoms with van der Waals surface area (Å²) in [4.78, 5) is 0. The molecular formula is C17H35N. The van der Waals surface area contributed by atoms with Gasteiger partial charge in [-0.05, 0) is 38.8 Å². The zero-order chi connectivity index (χ0) is 13.3. The minimum atomic E-state index is 1.18. The van der Waals surface area contributed by atoms with E-state index in [1.54, 1.807) is 0 Å². The SMILES string of the molecule is C=CCCCCCNCCCCCCCCCC. The third-order valence-electron chi connectivity index (χ3n) is 3.47. The lowest BCUT2D eigenvalue weighted by Crippen LogP contribution is -2.16. The van der Waals surface area contributed by atoms with Gasteiger partial charge in [-0.15, -0.1) is 6.58 Å². The molecule has 0 atom stereocenters. The van der Waals surface area contributed by atoms with Crippen LogP contribution < -0.4 is 5.32 Å². The summed E-state index contributed by atoms with van der Waals surface area (Å²) < 4.78 is 0. The van der Waals surface area contributed by atoms with Crippen LogP contribution in [0.1, 0.15) is 84.0 Å². The summed E-state index contributed by atoms with van der Waals surface area (Å²) in [5, 5.41) is 3.55. The predicted molar refractivity (Wildman–Crippen MR) is 84.1 cm³/mol. The highest BCUT2D eigenvalue weighted by molar-refractivity contribution is 4.65. The van der Waals surface area contributed by atoms with E-state index in [2.05, 4.69) is 18.8 Å². The Labute approximate surface area is 115 Å². The van der Waals surface area contributed by atoms with E-state index >= 15 is 0 Å². The normalized spacial score (nSPS) is 10.7. The Bertz CT molecular complexity index is 154. The van der Waals surface area contributed by atoms with Gasteiger partial charge in [0.25, 0.3) is 0 Å². The second-order valence-corrected chi connectivity index (χ2v) is 5.36. The van der Waals surface area contributed by atoms with E-state index in [-0.39, 0.29) is 0 Å². The summed E-state index contributed by atoms with van der Waals surface area (Å²) in [6.45, 7) is 8.45. The molecule has 0 aliphatic rings. The second-order valence-electron chi connectivity index (χ2n) is 5.36. The summed E-state index contributed by atoms with van der Waals surface area (Å²) in [6, 6.07) is 0. The highest BCUT2D eigenvalue weighted by atomic mass is 14.8. The summed E-state index contributed by atoms with van der Waals surface area (Å²) in [5.74, 6) is 0. The molecule has 0 aromatic heterocycles. The Morgan fingerprint density at radius 2 is 1.22 bits per heavy atom. The first-order valence-electron chi connectivity index (χ1n) is 8.23. The first kappa shape index (κ1) is 17.7. The molecule has 108 valence electrons. The van der Waals surface area contributed by atoms with Crippen LogP contribution in [0.2, 0.25) is 0 Å². The van der Waals surface area contributed by atoms with E-state index in [4.69, 9.17) is 0 Å². The lowest BCUT2D eigenvalue weighted by molar-refractivity contribution is 0.544. The molecule has 0 aromatic rings. The van der Waals surface area contributed by atoms with Crippen LogP contribution in [0.5, 0.6) is 0 Å². The lowest BCUT2D eigenvalue weighted by Gasteiger charge is -2.04.